The third-order valence-corrected chi connectivity index (χ3v) is 4.12. The third-order valence-electron chi connectivity index (χ3n) is 3.43. The Hall–Kier alpha value is -1.24. The smallest absolute Gasteiger partial charge is 0.259 e. The predicted molar refractivity (Wildman–Crippen MR) is 78.3 cm³/mol. The van der Waals surface area contributed by atoms with E-state index in [0.717, 1.165) is 19.4 Å². The summed E-state index contributed by atoms with van der Waals surface area (Å²) in [5.74, 6) is -0.756. The van der Waals surface area contributed by atoms with Gasteiger partial charge in [0.05, 0.1) is 18.7 Å². The summed E-state index contributed by atoms with van der Waals surface area (Å²) in [5, 5.41) is 11.6. The van der Waals surface area contributed by atoms with Crippen molar-refractivity contribution in [3.8, 4) is 0 Å². The van der Waals surface area contributed by atoms with Gasteiger partial charge in [0.2, 0.25) is 5.91 Å². The van der Waals surface area contributed by atoms with Crippen molar-refractivity contribution in [1.29, 1.82) is 0 Å². The monoisotopic (exact) mass is 340 g/mol. The van der Waals surface area contributed by atoms with Gasteiger partial charge in [0.1, 0.15) is 0 Å². The molecule has 0 saturated carbocycles. The number of rotatable bonds is 4. The summed E-state index contributed by atoms with van der Waals surface area (Å²) in [5.41, 5.74) is 0.431. The van der Waals surface area contributed by atoms with E-state index in [9.17, 15) is 14.7 Å². The number of amides is 2. The standard InChI is InChI=1S/C14H17BrN2O3/c15-12-6-2-1-5-11(12)14(20)16-13(19)8-17-7-3-4-10(17)9-18/h1-2,5-6,10,18H,3-4,7-9H2,(H,16,19,20)/t10-/m1/s1. The van der Waals surface area contributed by atoms with Crippen LogP contribution in [0.1, 0.15) is 23.2 Å². The van der Waals surface area contributed by atoms with Crippen LogP contribution in [0, 0.1) is 0 Å². The molecule has 0 aromatic heterocycles. The molecule has 0 bridgehead atoms. The van der Waals surface area contributed by atoms with Crippen LogP contribution in [0.5, 0.6) is 0 Å². The number of halogens is 1. The molecular formula is C14H17BrN2O3. The number of likely N-dealkylation sites (tertiary alicyclic amines) is 1. The van der Waals surface area contributed by atoms with Crippen LogP contribution >= 0.6 is 15.9 Å². The van der Waals surface area contributed by atoms with Crippen LogP contribution in [0.3, 0.4) is 0 Å². The number of hydrogen-bond acceptors (Lipinski definition) is 4. The van der Waals surface area contributed by atoms with Crippen LogP contribution in [-0.2, 0) is 4.79 Å². The van der Waals surface area contributed by atoms with Gasteiger partial charge in [-0.3, -0.25) is 19.8 Å². The molecule has 0 spiro atoms. The summed E-state index contributed by atoms with van der Waals surface area (Å²) in [4.78, 5) is 25.8. The summed E-state index contributed by atoms with van der Waals surface area (Å²) in [6.07, 6.45) is 1.86. The average Bonchev–Trinajstić information content (AvgIpc) is 2.86. The van der Waals surface area contributed by atoms with Gasteiger partial charge in [-0.15, -0.1) is 0 Å². The minimum absolute atomic E-state index is 0.0271. The van der Waals surface area contributed by atoms with Crippen molar-refractivity contribution in [2.24, 2.45) is 0 Å². The number of nitrogens with one attached hydrogen (secondary N) is 1. The lowest BCUT2D eigenvalue weighted by Crippen LogP contribution is -2.43. The first-order valence-corrected chi connectivity index (χ1v) is 7.34. The number of carbonyl (C=O) groups is 2. The van der Waals surface area contributed by atoms with Gasteiger partial charge in [-0.05, 0) is 47.4 Å². The van der Waals surface area contributed by atoms with Crippen LogP contribution in [0.15, 0.2) is 28.7 Å². The minimum Gasteiger partial charge on any atom is -0.395 e. The number of carbonyl (C=O) groups excluding carboxylic acids is 2. The second kappa shape index (κ2) is 6.97. The molecule has 2 N–H and O–H groups in total. The summed E-state index contributed by atoms with van der Waals surface area (Å²) in [7, 11) is 0. The molecule has 1 saturated heterocycles. The highest BCUT2D eigenvalue weighted by molar-refractivity contribution is 9.10. The van der Waals surface area contributed by atoms with E-state index in [4.69, 9.17) is 0 Å². The van der Waals surface area contributed by atoms with Gasteiger partial charge in [-0.1, -0.05) is 12.1 Å². The van der Waals surface area contributed by atoms with Crippen molar-refractivity contribution >= 4 is 27.7 Å². The van der Waals surface area contributed by atoms with Crippen molar-refractivity contribution in [2.75, 3.05) is 19.7 Å². The SMILES string of the molecule is O=C(CN1CCC[C@@H]1CO)NC(=O)c1ccccc1Br. The molecule has 0 unspecified atom stereocenters. The van der Waals surface area contributed by atoms with Crippen molar-refractivity contribution in [2.45, 2.75) is 18.9 Å². The Morgan fingerprint density at radius 2 is 2.15 bits per heavy atom. The van der Waals surface area contributed by atoms with Crippen LogP contribution in [0.25, 0.3) is 0 Å². The van der Waals surface area contributed by atoms with E-state index < -0.39 is 5.91 Å². The molecule has 1 fully saturated rings. The molecule has 5 nitrogen and oxygen atoms in total. The van der Waals surface area contributed by atoms with E-state index in [1.807, 2.05) is 4.90 Å². The Bertz CT molecular complexity index is 507. The molecule has 2 rings (SSSR count). The molecule has 6 heteroatoms. The third kappa shape index (κ3) is 3.65. The fourth-order valence-corrected chi connectivity index (χ4v) is 2.84. The Balaban J connectivity index is 1.92. The minimum atomic E-state index is -0.415. The van der Waals surface area contributed by atoms with E-state index in [0.29, 0.717) is 10.0 Å². The highest BCUT2D eigenvalue weighted by Gasteiger charge is 2.26. The second-order valence-electron chi connectivity index (χ2n) is 4.81. The first kappa shape index (κ1) is 15.2. The normalized spacial score (nSPS) is 19.0. The summed E-state index contributed by atoms with van der Waals surface area (Å²) < 4.78 is 0.653. The van der Waals surface area contributed by atoms with Gasteiger partial charge in [0, 0.05) is 10.5 Å². The first-order valence-electron chi connectivity index (χ1n) is 6.55. The van der Waals surface area contributed by atoms with Gasteiger partial charge >= 0.3 is 0 Å². The molecule has 1 aromatic rings. The number of aliphatic hydroxyl groups excluding tert-OH is 1. The Morgan fingerprint density at radius 1 is 1.40 bits per heavy atom. The quantitative estimate of drug-likeness (QED) is 0.862. The summed E-state index contributed by atoms with van der Waals surface area (Å²) >= 11 is 3.28. The van der Waals surface area contributed by atoms with Gasteiger partial charge in [-0.25, -0.2) is 0 Å². The first-order chi connectivity index (χ1) is 9.61. The molecule has 0 aliphatic carbocycles. The van der Waals surface area contributed by atoms with E-state index in [-0.39, 0.29) is 25.1 Å². The van der Waals surface area contributed by atoms with E-state index in [1.165, 1.54) is 0 Å². The fraction of sp³-hybridized carbons (Fsp3) is 0.429. The summed E-state index contributed by atoms with van der Waals surface area (Å²) in [6.45, 7) is 0.967. The van der Waals surface area contributed by atoms with Crippen molar-refractivity contribution in [1.82, 2.24) is 10.2 Å². The molecular weight excluding hydrogens is 324 g/mol. The maximum Gasteiger partial charge on any atom is 0.259 e. The number of hydrogen-bond donors (Lipinski definition) is 2. The van der Waals surface area contributed by atoms with Crippen LogP contribution < -0.4 is 5.32 Å². The van der Waals surface area contributed by atoms with E-state index in [1.54, 1.807) is 24.3 Å². The highest BCUT2D eigenvalue weighted by Crippen LogP contribution is 2.17. The van der Waals surface area contributed by atoms with E-state index in [2.05, 4.69) is 21.2 Å². The Labute approximate surface area is 126 Å². The fourth-order valence-electron chi connectivity index (χ4n) is 2.37. The molecule has 1 atom stereocenters. The number of imide groups is 1. The molecule has 20 heavy (non-hydrogen) atoms. The topological polar surface area (TPSA) is 69.6 Å². The lowest BCUT2D eigenvalue weighted by molar-refractivity contribution is -0.121. The average molecular weight is 341 g/mol. The molecule has 0 radical (unpaired) electrons. The molecule has 1 aliphatic rings. The Morgan fingerprint density at radius 3 is 2.85 bits per heavy atom. The maximum absolute atomic E-state index is 12.0. The van der Waals surface area contributed by atoms with Crippen molar-refractivity contribution in [3.63, 3.8) is 0 Å². The molecule has 2 amide bonds. The number of aliphatic hydroxyl groups is 1. The lowest BCUT2D eigenvalue weighted by Gasteiger charge is -2.21. The van der Waals surface area contributed by atoms with Crippen molar-refractivity contribution in [3.05, 3.63) is 34.3 Å². The lowest BCUT2D eigenvalue weighted by atomic mass is 10.2. The largest absolute Gasteiger partial charge is 0.395 e. The molecule has 1 aliphatic heterocycles. The second-order valence-corrected chi connectivity index (χ2v) is 5.66. The molecule has 1 aromatic carbocycles. The van der Waals surface area contributed by atoms with E-state index >= 15 is 0 Å². The van der Waals surface area contributed by atoms with Gasteiger partial charge < -0.3 is 5.11 Å². The van der Waals surface area contributed by atoms with Crippen LogP contribution in [-0.4, -0.2) is 47.6 Å². The van der Waals surface area contributed by atoms with Gasteiger partial charge in [0.15, 0.2) is 0 Å². The molecule has 1 heterocycles. The number of benzene rings is 1. The molecule has 108 valence electrons. The van der Waals surface area contributed by atoms with Crippen LogP contribution in [0.4, 0.5) is 0 Å². The maximum atomic E-state index is 12.0. The zero-order valence-corrected chi connectivity index (χ0v) is 12.6. The van der Waals surface area contributed by atoms with Crippen molar-refractivity contribution < 1.29 is 14.7 Å². The Kier molecular flexibility index (Phi) is 5.28. The zero-order valence-electron chi connectivity index (χ0n) is 11.0. The highest BCUT2D eigenvalue weighted by atomic mass is 79.9. The van der Waals surface area contributed by atoms with Gasteiger partial charge in [0.25, 0.3) is 5.91 Å². The predicted octanol–water partition coefficient (Wildman–Crippen LogP) is 1.16. The van der Waals surface area contributed by atoms with Crippen LogP contribution in [0.2, 0.25) is 0 Å². The van der Waals surface area contributed by atoms with Gasteiger partial charge in [-0.2, -0.15) is 0 Å². The zero-order chi connectivity index (χ0) is 14.5. The summed E-state index contributed by atoms with van der Waals surface area (Å²) in [6, 6.07) is 6.98. The number of nitrogens with zero attached hydrogens (tertiary/aromatic N) is 1.